The van der Waals surface area contributed by atoms with Crippen LogP contribution in [0.25, 0.3) is 0 Å². The third-order valence-corrected chi connectivity index (χ3v) is 2.48. The van der Waals surface area contributed by atoms with Crippen molar-refractivity contribution in [2.24, 2.45) is 0 Å². The minimum atomic E-state index is -0.517. The molecule has 0 fully saturated rings. The van der Waals surface area contributed by atoms with E-state index in [1.54, 1.807) is 0 Å². The van der Waals surface area contributed by atoms with E-state index in [2.05, 4.69) is 32.1 Å². The maximum atomic E-state index is 10.9. The average Bonchev–Trinajstić information content (AvgIpc) is 2.29. The van der Waals surface area contributed by atoms with E-state index in [9.17, 15) is 4.79 Å². The predicted molar refractivity (Wildman–Crippen MR) is 62.5 cm³/mol. The van der Waals surface area contributed by atoms with Gasteiger partial charge in [-0.3, -0.25) is 10.1 Å². The highest BCUT2D eigenvalue weighted by Gasteiger charge is 2.11. The first-order valence-corrected chi connectivity index (χ1v) is 5.42. The van der Waals surface area contributed by atoms with E-state index in [1.165, 1.54) is 7.11 Å². The molecule has 84 valence electrons. The normalized spacial score (nSPS) is 11.6. The summed E-state index contributed by atoms with van der Waals surface area (Å²) in [6.07, 6.45) is 0. The van der Waals surface area contributed by atoms with Gasteiger partial charge in [0.15, 0.2) is 0 Å². The van der Waals surface area contributed by atoms with Gasteiger partial charge in [-0.1, -0.05) is 28.1 Å². The van der Waals surface area contributed by atoms with Crippen LogP contribution in [-0.4, -0.2) is 19.6 Å². The molecule has 0 aliphatic carbocycles. The number of hydrogen-bond acceptors (Lipinski definition) is 4. The van der Waals surface area contributed by atoms with Crippen molar-refractivity contribution in [3.05, 3.63) is 34.3 Å². The lowest BCUT2D eigenvalue weighted by Crippen LogP contribution is -2.27. The molecule has 1 aromatic carbocycles. The quantitative estimate of drug-likeness (QED) is 0.855. The molecule has 4 nitrogen and oxygen atoms in total. The maximum absolute atomic E-state index is 10.9. The number of benzene rings is 1. The molecule has 1 atom stereocenters. The summed E-state index contributed by atoms with van der Waals surface area (Å²) in [5.74, 6) is -0.393. The molecule has 0 radical (unpaired) electrons. The van der Waals surface area contributed by atoms with Crippen LogP contribution in [0.4, 0.5) is 0 Å². The number of carbonyl (C=O) groups is 1. The highest BCUT2D eigenvalue weighted by Crippen LogP contribution is 2.17. The SMILES string of the molecule is COC(=O)CNC(C#N)c1cccc(Br)c1. The van der Waals surface area contributed by atoms with Crippen LogP contribution in [0.15, 0.2) is 28.7 Å². The number of methoxy groups -OCH3 is 1. The van der Waals surface area contributed by atoms with E-state index >= 15 is 0 Å². The number of nitriles is 1. The Kier molecular flexibility index (Phi) is 4.96. The molecule has 5 heteroatoms. The molecule has 1 rings (SSSR count). The van der Waals surface area contributed by atoms with Crippen LogP contribution in [-0.2, 0) is 9.53 Å². The summed E-state index contributed by atoms with van der Waals surface area (Å²) in [7, 11) is 1.31. The molecular weight excluding hydrogens is 272 g/mol. The summed E-state index contributed by atoms with van der Waals surface area (Å²) in [5.41, 5.74) is 0.806. The van der Waals surface area contributed by atoms with Gasteiger partial charge in [0.2, 0.25) is 0 Å². The van der Waals surface area contributed by atoms with E-state index in [4.69, 9.17) is 5.26 Å². The summed E-state index contributed by atoms with van der Waals surface area (Å²) in [4.78, 5) is 10.9. The zero-order valence-corrected chi connectivity index (χ0v) is 10.3. The molecule has 16 heavy (non-hydrogen) atoms. The molecular formula is C11H11BrN2O2. The van der Waals surface area contributed by atoms with Crippen LogP contribution in [0.1, 0.15) is 11.6 Å². The Balaban J connectivity index is 2.69. The Morgan fingerprint density at radius 2 is 2.44 bits per heavy atom. The summed E-state index contributed by atoms with van der Waals surface area (Å²) in [5, 5.41) is 11.8. The number of esters is 1. The predicted octanol–water partition coefficient (Wildman–Crippen LogP) is 1.78. The van der Waals surface area contributed by atoms with Gasteiger partial charge in [-0.05, 0) is 17.7 Å². The van der Waals surface area contributed by atoms with Gasteiger partial charge in [-0.25, -0.2) is 0 Å². The zero-order chi connectivity index (χ0) is 12.0. The Morgan fingerprint density at radius 1 is 1.69 bits per heavy atom. The molecule has 0 aliphatic heterocycles. The highest BCUT2D eigenvalue weighted by molar-refractivity contribution is 9.10. The van der Waals surface area contributed by atoms with Crippen LogP contribution in [0, 0.1) is 11.3 Å². The van der Waals surface area contributed by atoms with Crippen LogP contribution < -0.4 is 5.32 Å². The lowest BCUT2D eigenvalue weighted by atomic mass is 10.1. The lowest BCUT2D eigenvalue weighted by Gasteiger charge is -2.10. The van der Waals surface area contributed by atoms with Crippen molar-refractivity contribution in [1.82, 2.24) is 5.32 Å². The minimum absolute atomic E-state index is 0.0151. The smallest absolute Gasteiger partial charge is 0.319 e. The fourth-order valence-electron chi connectivity index (χ4n) is 1.18. The number of ether oxygens (including phenoxy) is 1. The highest BCUT2D eigenvalue weighted by atomic mass is 79.9. The van der Waals surface area contributed by atoms with Gasteiger partial charge in [-0.15, -0.1) is 0 Å². The van der Waals surface area contributed by atoms with Crippen LogP contribution in [0.2, 0.25) is 0 Å². The van der Waals surface area contributed by atoms with Gasteiger partial charge >= 0.3 is 5.97 Å². The number of nitrogens with zero attached hydrogens (tertiary/aromatic N) is 1. The topological polar surface area (TPSA) is 62.1 Å². The first-order valence-electron chi connectivity index (χ1n) is 4.62. The summed E-state index contributed by atoms with van der Waals surface area (Å²) in [6.45, 7) is 0.0151. The van der Waals surface area contributed by atoms with Gasteiger partial charge in [0, 0.05) is 4.47 Å². The molecule has 1 aromatic rings. The molecule has 1 unspecified atom stereocenters. The van der Waals surface area contributed by atoms with Crippen molar-refractivity contribution >= 4 is 21.9 Å². The third kappa shape index (κ3) is 3.65. The fourth-order valence-corrected chi connectivity index (χ4v) is 1.60. The maximum Gasteiger partial charge on any atom is 0.319 e. The summed E-state index contributed by atoms with van der Waals surface area (Å²) in [6, 6.07) is 8.93. The van der Waals surface area contributed by atoms with Crippen LogP contribution in [0.3, 0.4) is 0 Å². The Labute approximate surface area is 102 Å². The van der Waals surface area contributed by atoms with Gasteiger partial charge in [0.25, 0.3) is 0 Å². The molecule has 0 amide bonds. The van der Waals surface area contributed by atoms with Crippen LogP contribution in [0.5, 0.6) is 0 Å². The second kappa shape index (κ2) is 6.26. The van der Waals surface area contributed by atoms with E-state index < -0.39 is 12.0 Å². The van der Waals surface area contributed by atoms with Crippen molar-refractivity contribution < 1.29 is 9.53 Å². The minimum Gasteiger partial charge on any atom is -0.468 e. The summed E-state index contributed by atoms with van der Waals surface area (Å²) < 4.78 is 5.38. The monoisotopic (exact) mass is 282 g/mol. The number of carbonyl (C=O) groups excluding carboxylic acids is 1. The first-order chi connectivity index (χ1) is 7.67. The molecule has 0 aliphatic rings. The Morgan fingerprint density at radius 3 is 3.00 bits per heavy atom. The molecule has 0 saturated heterocycles. The van der Waals surface area contributed by atoms with E-state index in [-0.39, 0.29) is 6.54 Å². The van der Waals surface area contributed by atoms with Gasteiger partial charge < -0.3 is 4.74 Å². The van der Waals surface area contributed by atoms with Gasteiger partial charge in [0.1, 0.15) is 6.04 Å². The lowest BCUT2D eigenvalue weighted by molar-refractivity contribution is -0.139. The summed E-state index contributed by atoms with van der Waals surface area (Å²) >= 11 is 3.32. The second-order valence-electron chi connectivity index (χ2n) is 3.07. The molecule has 0 bridgehead atoms. The molecule has 0 saturated carbocycles. The Bertz CT molecular complexity index is 415. The molecule has 0 heterocycles. The second-order valence-corrected chi connectivity index (χ2v) is 3.99. The van der Waals surface area contributed by atoms with E-state index in [0.29, 0.717) is 0 Å². The van der Waals surface area contributed by atoms with E-state index in [1.807, 2.05) is 24.3 Å². The van der Waals surface area contributed by atoms with Crippen molar-refractivity contribution in [2.75, 3.05) is 13.7 Å². The number of rotatable bonds is 4. The van der Waals surface area contributed by atoms with Crippen molar-refractivity contribution in [3.63, 3.8) is 0 Å². The molecule has 0 aromatic heterocycles. The van der Waals surface area contributed by atoms with E-state index in [0.717, 1.165) is 10.0 Å². The number of halogens is 1. The average molecular weight is 283 g/mol. The van der Waals surface area contributed by atoms with Gasteiger partial charge in [-0.2, -0.15) is 5.26 Å². The van der Waals surface area contributed by atoms with Crippen molar-refractivity contribution in [3.8, 4) is 6.07 Å². The number of nitrogens with one attached hydrogen (secondary N) is 1. The van der Waals surface area contributed by atoms with Crippen molar-refractivity contribution in [1.29, 1.82) is 5.26 Å². The largest absolute Gasteiger partial charge is 0.468 e. The molecule has 1 N–H and O–H groups in total. The zero-order valence-electron chi connectivity index (χ0n) is 8.74. The Hall–Kier alpha value is -1.38. The van der Waals surface area contributed by atoms with Gasteiger partial charge in [0.05, 0.1) is 19.7 Å². The molecule has 0 spiro atoms. The fraction of sp³-hybridized carbons (Fsp3) is 0.273. The van der Waals surface area contributed by atoms with Crippen molar-refractivity contribution in [2.45, 2.75) is 6.04 Å². The standard InChI is InChI=1S/C11H11BrN2O2/c1-16-11(15)7-14-10(6-13)8-3-2-4-9(12)5-8/h2-5,10,14H,7H2,1H3. The number of hydrogen-bond donors (Lipinski definition) is 1. The van der Waals surface area contributed by atoms with Crippen LogP contribution >= 0.6 is 15.9 Å². The third-order valence-electron chi connectivity index (χ3n) is 1.99. The first kappa shape index (κ1) is 12.7.